The van der Waals surface area contributed by atoms with Gasteiger partial charge in [-0.2, -0.15) is 0 Å². The quantitative estimate of drug-likeness (QED) is 0.315. The van der Waals surface area contributed by atoms with Gasteiger partial charge in [0.1, 0.15) is 6.17 Å². The van der Waals surface area contributed by atoms with Crippen LogP contribution >= 0.6 is 0 Å². The minimum atomic E-state index is -0.481. The van der Waals surface area contributed by atoms with Gasteiger partial charge >= 0.3 is 0 Å². The van der Waals surface area contributed by atoms with Gasteiger partial charge < -0.3 is 5.73 Å². The minimum Gasteiger partial charge on any atom is -0.311 e. The summed E-state index contributed by atoms with van der Waals surface area (Å²) in [4.78, 5) is 0. The van der Waals surface area contributed by atoms with E-state index in [4.69, 9.17) is 5.73 Å². The van der Waals surface area contributed by atoms with Crippen LogP contribution in [0.1, 0.15) is 27.2 Å². The first-order chi connectivity index (χ1) is 8.48. The van der Waals surface area contributed by atoms with Crippen LogP contribution in [0, 0.1) is 0 Å². The van der Waals surface area contributed by atoms with Gasteiger partial charge in [0, 0.05) is 20.6 Å². The maximum absolute atomic E-state index is 6.44. The Kier molecular flexibility index (Phi) is 8.67. The summed E-state index contributed by atoms with van der Waals surface area (Å²) in [5.41, 5.74) is 6.44. The third-order valence-electron chi connectivity index (χ3n) is 3.11. The second kappa shape index (κ2) is 8.79. The lowest BCUT2D eigenvalue weighted by molar-refractivity contribution is -0.0662. The van der Waals surface area contributed by atoms with Gasteiger partial charge in [-0.25, -0.2) is 10.0 Å². The molecule has 0 aliphatic rings. The summed E-state index contributed by atoms with van der Waals surface area (Å²) in [7, 11) is 5.94. The average Bonchev–Trinajstić information content (AvgIpc) is 2.34. The highest BCUT2D eigenvalue weighted by Crippen LogP contribution is 2.08. The lowest BCUT2D eigenvalue weighted by atomic mass is 10.2. The van der Waals surface area contributed by atoms with Crippen LogP contribution in [0.2, 0.25) is 0 Å². The Morgan fingerprint density at radius 1 is 1.17 bits per heavy atom. The number of nitrogens with two attached hydrogens (primary N) is 1. The van der Waals surface area contributed by atoms with Gasteiger partial charge in [-0.1, -0.05) is 20.8 Å². The largest absolute Gasteiger partial charge is 0.311 e. The minimum absolute atomic E-state index is 0.200. The number of hydrogen-bond acceptors (Lipinski definition) is 6. The van der Waals surface area contributed by atoms with Gasteiger partial charge in [0.25, 0.3) is 0 Å². The van der Waals surface area contributed by atoms with Crippen LogP contribution in [0.4, 0.5) is 0 Å². The molecule has 0 heterocycles. The summed E-state index contributed by atoms with van der Waals surface area (Å²) in [5, 5.41) is 14.4. The third-order valence-corrected chi connectivity index (χ3v) is 3.11. The molecule has 0 aromatic carbocycles. The van der Waals surface area contributed by atoms with Crippen LogP contribution in [0.3, 0.4) is 0 Å². The third kappa shape index (κ3) is 4.46. The van der Waals surface area contributed by atoms with Crippen molar-refractivity contribution in [3.63, 3.8) is 0 Å². The highest BCUT2D eigenvalue weighted by molar-refractivity contribution is 4.90. The van der Waals surface area contributed by atoms with Crippen LogP contribution in [-0.4, -0.2) is 62.7 Å². The molecule has 0 saturated carbocycles. The van der Waals surface area contributed by atoms with Crippen molar-refractivity contribution >= 4 is 0 Å². The van der Waals surface area contributed by atoms with Crippen LogP contribution in [0.15, 0.2) is 0 Å². The van der Waals surface area contributed by atoms with Crippen molar-refractivity contribution in [2.45, 2.75) is 39.1 Å². The number of hydrazine groups is 1. The molecule has 0 rings (SSSR count). The molecule has 6 heteroatoms. The molecular formula is C12H32N6. The van der Waals surface area contributed by atoms with E-state index in [0.717, 1.165) is 26.1 Å². The summed E-state index contributed by atoms with van der Waals surface area (Å²) in [6.45, 7) is 8.94. The lowest BCUT2D eigenvalue weighted by Gasteiger charge is -2.46. The van der Waals surface area contributed by atoms with Crippen LogP contribution in [0.5, 0.6) is 0 Å². The van der Waals surface area contributed by atoms with E-state index < -0.39 is 5.79 Å². The predicted molar refractivity (Wildman–Crippen MR) is 77.8 cm³/mol. The van der Waals surface area contributed by atoms with Gasteiger partial charge in [-0.3, -0.25) is 16.0 Å². The van der Waals surface area contributed by atoms with Crippen molar-refractivity contribution in [2.24, 2.45) is 5.73 Å². The van der Waals surface area contributed by atoms with E-state index >= 15 is 0 Å². The van der Waals surface area contributed by atoms with Gasteiger partial charge in [-0.05, 0) is 26.6 Å². The highest BCUT2D eigenvalue weighted by Gasteiger charge is 2.37. The Morgan fingerprint density at radius 2 is 1.78 bits per heavy atom. The van der Waals surface area contributed by atoms with Crippen molar-refractivity contribution in [3.8, 4) is 0 Å². The molecule has 5 N–H and O–H groups in total. The van der Waals surface area contributed by atoms with E-state index in [2.05, 4.69) is 41.7 Å². The normalized spacial score (nSPS) is 17.2. The number of likely N-dealkylation sites (N-methyl/N-ethyl adjacent to an activating group) is 3. The molecule has 0 aliphatic carbocycles. The zero-order valence-electron chi connectivity index (χ0n) is 12.9. The molecule has 2 unspecified atom stereocenters. The first-order valence-electron chi connectivity index (χ1n) is 6.87. The molecule has 0 saturated heterocycles. The van der Waals surface area contributed by atoms with Gasteiger partial charge in [0.05, 0.1) is 0 Å². The number of nitrogens with zero attached hydrogens (tertiary/aromatic N) is 2. The maximum Gasteiger partial charge on any atom is 0.154 e. The Morgan fingerprint density at radius 3 is 2.11 bits per heavy atom. The zero-order valence-corrected chi connectivity index (χ0v) is 12.9. The molecule has 110 valence electrons. The Labute approximate surface area is 112 Å². The van der Waals surface area contributed by atoms with Crippen LogP contribution in [-0.2, 0) is 0 Å². The molecule has 0 fully saturated rings. The van der Waals surface area contributed by atoms with Crippen LogP contribution in [0.25, 0.3) is 0 Å². The van der Waals surface area contributed by atoms with Crippen molar-refractivity contribution in [1.82, 2.24) is 26.0 Å². The van der Waals surface area contributed by atoms with Crippen molar-refractivity contribution < 1.29 is 0 Å². The summed E-state index contributed by atoms with van der Waals surface area (Å²) in [6.07, 6.45) is 0.865. The monoisotopic (exact) mass is 260 g/mol. The van der Waals surface area contributed by atoms with E-state index in [0.29, 0.717) is 0 Å². The maximum atomic E-state index is 6.44. The molecule has 0 aromatic rings. The van der Waals surface area contributed by atoms with Gasteiger partial charge in [-0.15, -0.1) is 0 Å². The predicted octanol–water partition coefficient (Wildman–Crippen LogP) is -0.448. The Balaban J connectivity index is 5.00. The molecular weight excluding hydrogens is 228 g/mol. The number of hydrogen-bond donors (Lipinski definition) is 4. The highest BCUT2D eigenvalue weighted by atomic mass is 15.7. The number of nitrogens with one attached hydrogen (secondary N) is 3. The molecule has 6 nitrogen and oxygen atoms in total. The summed E-state index contributed by atoms with van der Waals surface area (Å²) < 4.78 is 0. The molecule has 18 heavy (non-hydrogen) atoms. The molecule has 0 bridgehead atoms. The standard InChI is InChI=1S/C12H32N6/c1-7-10-16-12(14-4,15-8-2)11(13)18(9-3)17(5)6/h11,14-16H,7-10,13H2,1-6H3. The topological polar surface area (TPSA) is 68.6 Å². The molecule has 2 atom stereocenters. The second-order valence-corrected chi connectivity index (χ2v) is 4.56. The second-order valence-electron chi connectivity index (χ2n) is 4.56. The molecule has 0 amide bonds. The fourth-order valence-corrected chi connectivity index (χ4v) is 2.15. The van der Waals surface area contributed by atoms with E-state index in [1.807, 2.05) is 26.2 Å². The fourth-order valence-electron chi connectivity index (χ4n) is 2.15. The van der Waals surface area contributed by atoms with Crippen molar-refractivity contribution in [2.75, 3.05) is 40.8 Å². The first-order valence-corrected chi connectivity index (χ1v) is 6.87. The Hall–Kier alpha value is -0.240. The van der Waals surface area contributed by atoms with Gasteiger partial charge in [0.2, 0.25) is 0 Å². The Bertz CT molecular complexity index is 211. The molecule has 0 spiro atoms. The van der Waals surface area contributed by atoms with E-state index in [1.54, 1.807) is 0 Å². The van der Waals surface area contributed by atoms with E-state index in [1.165, 1.54) is 0 Å². The van der Waals surface area contributed by atoms with Gasteiger partial charge in [0.15, 0.2) is 5.79 Å². The lowest BCUT2D eigenvalue weighted by Crippen LogP contribution is -2.78. The summed E-state index contributed by atoms with van der Waals surface area (Å²) >= 11 is 0. The van der Waals surface area contributed by atoms with E-state index in [9.17, 15) is 0 Å². The molecule has 0 aromatic heterocycles. The number of rotatable bonds is 10. The SMILES string of the molecule is CCCNC(NC)(NCC)C(N)N(CC)N(C)C. The fraction of sp³-hybridized carbons (Fsp3) is 1.00. The molecule has 0 radical (unpaired) electrons. The summed E-state index contributed by atoms with van der Waals surface area (Å²) in [5.74, 6) is -0.481. The summed E-state index contributed by atoms with van der Waals surface area (Å²) in [6, 6.07) is 0. The first kappa shape index (κ1) is 17.8. The average molecular weight is 260 g/mol. The smallest absolute Gasteiger partial charge is 0.154 e. The van der Waals surface area contributed by atoms with Crippen LogP contribution < -0.4 is 21.7 Å². The molecule has 0 aliphatic heterocycles. The van der Waals surface area contributed by atoms with Crippen molar-refractivity contribution in [3.05, 3.63) is 0 Å². The zero-order chi connectivity index (χ0) is 14.2. The van der Waals surface area contributed by atoms with Crippen molar-refractivity contribution in [1.29, 1.82) is 0 Å². The van der Waals surface area contributed by atoms with E-state index in [-0.39, 0.29) is 6.17 Å².